The number of aromatic amines is 1. The number of hydrogen-bond donors (Lipinski definition) is 2. The zero-order valence-electron chi connectivity index (χ0n) is 21.0. The number of nitrogens with one attached hydrogen (secondary N) is 1. The first-order valence-corrected chi connectivity index (χ1v) is 13.9. The maximum absolute atomic E-state index is 12.7. The van der Waals surface area contributed by atoms with Crippen LogP contribution in [0.3, 0.4) is 0 Å². The molecular formula is C28H32N4O3S. The molecule has 0 saturated heterocycles. The highest BCUT2D eigenvalue weighted by atomic mass is 32.2. The normalized spacial score (nSPS) is 13.3. The van der Waals surface area contributed by atoms with Gasteiger partial charge >= 0.3 is 0 Å². The monoisotopic (exact) mass is 504 g/mol. The number of fused-ring (bicyclic) bond motifs is 1. The summed E-state index contributed by atoms with van der Waals surface area (Å²) < 4.78 is 26.9. The maximum atomic E-state index is 12.7. The number of rotatable bonds is 9. The summed E-state index contributed by atoms with van der Waals surface area (Å²) >= 11 is 0. The Kier molecular flexibility index (Phi) is 7.47. The zero-order chi connectivity index (χ0) is 25.9. The summed E-state index contributed by atoms with van der Waals surface area (Å²) in [7, 11) is -3.51. The molecular weight excluding hydrogens is 472 g/mol. The summed E-state index contributed by atoms with van der Waals surface area (Å²) in [5.41, 5.74) is 4.13. The Bertz CT molecular complexity index is 1460. The second kappa shape index (κ2) is 10.6. The molecule has 0 bridgehead atoms. The quantitative estimate of drug-likeness (QED) is 0.233. The molecule has 0 spiro atoms. The Morgan fingerprint density at radius 1 is 0.944 bits per heavy atom. The van der Waals surface area contributed by atoms with Crippen LogP contribution in [0.1, 0.15) is 31.9 Å². The highest BCUT2D eigenvalue weighted by molar-refractivity contribution is 7.92. The van der Waals surface area contributed by atoms with Gasteiger partial charge in [0.1, 0.15) is 0 Å². The molecule has 0 fully saturated rings. The molecule has 8 heteroatoms. The van der Waals surface area contributed by atoms with Crippen molar-refractivity contribution in [2.45, 2.75) is 26.9 Å². The largest absolute Gasteiger partial charge is 0.494 e. The fourth-order valence-corrected chi connectivity index (χ4v) is 5.81. The Labute approximate surface area is 212 Å². The van der Waals surface area contributed by atoms with Crippen molar-refractivity contribution in [1.29, 1.82) is 0 Å². The number of anilines is 1. The van der Waals surface area contributed by atoms with Crippen LogP contribution in [-0.2, 0) is 10.0 Å². The molecule has 2 N–H and O–H groups in total. The molecule has 1 atom stereocenters. The minimum atomic E-state index is -3.51. The second-order valence-electron chi connectivity index (χ2n) is 8.65. The van der Waals surface area contributed by atoms with E-state index >= 15 is 0 Å². The van der Waals surface area contributed by atoms with E-state index in [1.165, 1.54) is 10.6 Å². The van der Waals surface area contributed by atoms with Crippen LogP contribution in [0.15, 0.2) is 83.9 Å². The number of benzene rings is 3. The molecule has 36 heavy (non-hydrogen) atoms. The van der Waals surface area contributed by atoms with Gasteiger partial charge < -0.3 is 10.1 Å². The molecule has 0 aliphatic carbocycles. The van der Waals surface area contributed by atoms with Gasteiger partial charge in [-0.05, 0) is 50.3 Å². The van der Waals surface area contributed by atoms with Gasteiger partial charge in [-0.1, -0.05) is 62.4 Å². The number of para-hydroxylation sites is 1. The molecule has 1 heterocycles. The van der Waals surface area contributed by atoms with Crippen LogP contribution < -0.4 is 4.31 Å². The summed E-state index contributed by atoms with van der Waals surface area (Å²) in [5.74, 6) is 0.0479. The average molecular weight is 505 g/mol. The van der Waals surface area contributed by atoms with Crippen molar-refractivity contribution in [2.75, 3.05) is 23.7 Å². The third kappa shape index (κ3) is 5.15. The number of H-pyrrole nitrogens is 1. The number of nitrogens with zero attached hydrogens (tertiary/aromatic N) is 3. The summed E-state index contributed by atoms with van der Waals surface area (Å²) in [6.45, 7) is 7.40. The lowest BCUT2D eigenvalue weighted by atomic mass is 10.0. The van der Waals surface area contributed by atoms with Crippen molar-refractivity contribution in [3.63, 3.8) is 0 Å². The van der Waals surface area contributed by atoms with Gasteiger partial charge in [-0.25, -0.2) is 13.4 Å². The minimum Gasteiger partial charge on any atom is -0.494 e. The fraction of sp³-hybridized carbons (Fsp3) is 0.250. The molecule has 1 aromatic heterocycles. The van der Waals surface area contributed by atoms with Gasteiger partial charge in [0, 0.05) is 16.5 Å². The second-order valence-corrected chi connectivity index (χ2v) is 10.5. The summed E-state index contributed by atoms with van der Waals surface area (Å²) in [4.78, 5) is 10.0. The number of sulfonamides is 1. The van der Waals surface area contributed by atoms with Gasteiger partial charge in [-0.2, -0.15) is 0 Å². The molecule has 0 saturated carbocycles. The van der Waals surface area contributed by atoms with Gasteiger partial charge in [0.15, 0.2) is 5.88 Å². The number of aromatic hydroxyl groups is 1. The fourth-order valence-electron chi connectivity index (χ4n) is 4.62. The van der Waals surface area contributed by atoms with Crippen molar-refractivity contribution in [3.05, 3.63) is 90.0 Å². The Morgan fingerprint density at radius 2 is 1.56 bits per heavy atom. The van der Waals surface area contributed by atoms with E-state index in [-0.39, 0.29) is 12.0 Å². The lowest BCUT2D eigenvalue weighted by Gasteiger charge is -2.36. The number of aromatic nitrogens is 1. The van der Waals surface area contributed by atoms with E-state index in [1.807, 2.05) is 75.4 Å². The van der Waals surface area contributed by atoms with Gasteiger partial charge in [-0.15, -0.1) is 0 Å². The first-order valence-electron chi connectivity index (χ1n) is 12.0. The zero-order valence-corrected chi connectivity index (χ0v) is 21.8. The SMILES string of the molecule is CCN(CC)C(C)N(c1ccc(N=C(c2ccccc2)c2c(O)[nH]c3ccccc23)cc1)S(C)(=O)=O. The van der Waals surface area contributed by atoms with Crippen molar-refractivity contribution in [2.24, 2.45) is 4.99 Å². The third-order valence-electron chi connectivity index (χ3n) is 6.35. The molecule has 3 aromatic carbocycles. The lowest BCUT2D eigenvalue weighted by Crippen LogP contribution is -2.49. The molecule has 0 amide bonds. The third-order valence-corrected chi connectivity index (χ3v) is 7.58. The van der Waals surface area contributed by atoms with Gasteiger partial charge in [0.25, 0.3) is 0 Å². The van der Waals surface area contributed by atoms with Crippen LogP contribution in [0.2, 0.25) is 0 Å². The van der Waals surface area contributed by atoms with E-state index in [2.05, 4.69) is 9.88 Å². The summed E-state index contributed by atoms with van der Waals surface area (Å²) in [5, 5.41) is 11.7. The molecule has 4 rings (SSSR count). The van der Waals surface area contributed by atoms with Crippen LogP contribution in [0.5, 0.6) is 5.88 Å². The highest BCUT2D eigenvalue weighted by Crippen LogP contribution is 2.32. The number of hydrogen-bond acceptors (Lipinski definition) is 5. The van der Waals surface area contributed by atoms with E-state index in [9.17, 15) is 13.5 Å². The van der Waals surface area contributed by atoms with Crippen LogP contribution in [0.4, 0.5) is 11.4 Å². The Morgan fingerprint density at radius 3 is 2.17 bits per heavy atom. The van der Waals surface area contributed by atoms with Crippen molar-refractivity contribution in [3.8, 4) is 5.88 Å². The summed E-state index contributed by atoms with van der Waals surface area (Å²) in [6, 6.07) is 24.5. The van der Waals surface area contributed by atoms with E-state index < -0.39 is 10.0 Å². The molecule has 4 aromatic rings. The van der Waals surface area contributed by atoms with Crippen LogP contribution in [0, 0.1) is 0 Å². The maximum Gasteiger partial charge on any atom is 0.233 e. The Balaban J connectivity index is 1.80. The average Bonchev–Trinajstić information content (AvgIpc) is 3.19. The molecule has 1 unspecified atom stereocenters. The van der Waals surface area contributed by atoms with Crippen LogP contribution in [0.25, 0.3) is 10.9 Å². The summed E-state index contributed by atoms with van der Waals surface area (Å²) in [6.07, 6.45) is 0.902. The first-order chi connectivity index (χ1) is 17.2. The predicted molar refractivity (Wildman–Crippen MR) is 148 cm³/mol. The lowest BCUT2D eigenvalue weighted by molar-refractivity contribution is 0.239. The van der Waals surface area contributed by atoms with Crippen molar-refractivity contribution < 1.29 is 13.5 Å². The van der Waals surface area contributed by atoms with Crippen molar-refractivity contribution >= 4 is 38.0 Å². The standard InChI is InChI=1S/C28H32N4O3S/c1-5-31(6-2)20(3)32(36(4,34)35)23-18-16-22(17-19-23)29-27(21-12-8-7-9-13-21)26-24-14-10-11-15-25(24)30-28(26)33/h7-20,30,33H,5-6H2,1-4H3. The molecule has 0 aliphatic rings. The van der Waals surface area contributed by atoms with E-state index in [0.29, 0.717) is 22.6 Å². The van der Waals surface area contributed by atoms with Crippen molar-refractivity contribution in [1.82, 2.24) is 9.88 Å². The smallest absolute Gasteiger partial charge is 0.233 e. The van der Waals surface area contributed by atoms with Gasteiger partial charge in [0.05, 0.1) is 35.1 Å². The van der Waals surface area contributed by atoms with E-state index in [4.69, 9.17) is 4.99 Å². The molecule has 7 nitrogen and oxygen atoms in total. The van der Waals surface area contributed by atoms with E-state index in [1.54, 1.807) is 24.3 Å². The number of aliphatic imine (C=N–C) groups is 1. The van der Waals surface area contributed by atoms with Crippen LogP contribution in [-0.4, -0.2) is 54.6 Å². The molecule has 0 radical (unpaired) electrons. The molecule has 0 aliphatic heterocycles. The Hall–Kier alpha value is -3.62. The highest BCUT2D eigenvalue weighted by Gasteiger charge is 2.27. The first kappa shape index (κ1) is 25.5. The van der Waals surface area contributed by atoms with Crippen LogP contribution >= 0.6 is 0 Å². The molecule has 188 valence electrons. The predicted octanol–water partition coefficient (Wildman–Crippen LogP) is 5.50. The van der Waals surface area contributed by atoms with Gasteiger partial charge in [0.2, 0.25) is 10.0 Å². The topological polar surface area (TPSA) is 89.0 Å². The van der Waals surface area contributed by atoms with E-state index in [0.717, 1.165) is 29.6 Å². The minimum absolute atomic E-state index is 0.0479. The van der Waals surface area contributed by atoms with Gasteiger partial charge in [-0.3, -0.25) is 9.21 Å².